The maximum atomic E-state index is 12.2. The number of carbonyl (C=O) groups is 1. The smallest absolute Gasteiger partial charge is 0.233 e. The van der Waals surface area contributed by atoms with Crippen molar-refractivity contribution in [1.82, 2.24) is 14.9 Å². The number of thioether (sulfide) groups is 1. The van der Waals surface area contributed by atoms with Crippen LogP contribution in [0.5, 0.6) is 0 Å². The van der Waals surface area contributed by atoms with E-state index in [-0.39, 0.29) is 11.2 Å². The van der Waals surface area contributed by atoms with Crippen molar-refractivity contribution in [3.05, 3.63) is 41.1 Å². The van der Waals surface area contributed by atoms with E-state index in [0.717, 1.165) is 28.3 Å². The maximum absolute atomic E-state index is 12.2. The standard InChI is InChI=1S/C17H22BrN3OS/c1-12(2)8-9-19-16(22)13(3)23-17-20-10-11-21(17)15-6-4-14(18)5-7-15/h4-7,10-13H,8-9H2,1-3H3,(H,19,22). The molecule has 0 spiro atoms. The Morgan fingerprint density at radius 2 is 2.00 bits per heavy atom. The highest BCUT2D eigenvalue weighted by atomic mass is 79.9. The Kier molecular flexibility index (Phi) is 6.72. The summed E-state index contributed by atoms with van der Waals surface area (Å²) < 4.78 is 3.03. The largest absolute Gasteiger partial charge is 0.355 e. The number of halogens is 1. The second-order valence-corrected chi connectivity index (χ2v) is 8.01. The summed E-state index contributed by atoms with van der Waals surface area (Å²) in [5, 5.41) is 3.63. The molecule has 0 fully saturated rings. The lowest BCUT2D eigenvalue weighted by molar-refractivity contribution is -0.120. The van der Waals surface area contributed by atoms with Crippen molar-refractivity contribution in [2.45, 2.75) is 37.6 Å². The number of hydrogen-bond donors (Lipinski definition) is 1. The monoisotopic (exact) mass is 395 g/mol. The van der Waals surface area contributed by atoms with Gasteiger partial charge >= 0.3 is 0 Å². The average molecular weight is 396 g/mol. The van der Waals surface area contributed by atoms with Crippen molar-refractivity contribution in [3.8, 4) is 5.69 Å². The number of carbonyl (C=O) groups excluding carboxylic acids is 1. The molecule has 6 heteroatoms. The van der Waals surface area contributed by atoms with Crippen LogP contribution in [0.15, 0.2) is 46.3 Å². The van der Waals surface area contributed by atoms with Crippen molar-refractivity contribution in [2.75, 3.05) is 6.54 Å². The first kappa shape index (κ1) is 18.1. The van der Waals surface area contributed by atoms with Crippen LogP contribution in [-0.4, -0.2) is 27.3 Å². The van der Waals surface area contributed by atoms with Gasteiger partial charge in [0.2, 0.25) is 5.91 Å². The van der Waals surface area contributed by atoms with Gasteiger partial charge in [-0.25, -0.2) is 4.98 Å². The van der Waals surface area contributed by atoms with Gasteiger partial charge in [0, 0.05) is 29.1 Å². The molecule has 0 aliphatic heterocycles. The van der Waals surface area contributed by atoms with Crippen LogP contribution in [0.3, 0.4) is 0 Å². The van der Waals surface area contributed by atoms with Crippen LogP contribution in [0.1, 0.15) is 27.2 Å². The summed E-state index contributed by atoms with van der Waals surface area (Å²) in [7, 11) is 0. The summed E-state index contributed by atoms with van der Waals surface area (Å²) in [6.07, 6.45) is 4.67. The first-order chi connectivity index (χ1) is 11.0. The Balaban J connectivity index is 1.99. The number of hydrogen-bond acceptors (Lipinski definition) is 3. The van der Waals surface area contributed by atoms with Crippen LogP contribution < -0.4 is 5.32 Å². The molecule has 1 heterocycles. The third-order valence-corrected chi connectivity index (χ3v) is 4.99. The third kappa shape index (κ3) is 5.39. The van der Waals surface area contributed by atoms with E-state index in [2.05, 4.69) is 40.1 Å². The summed E-state index contributed by atoms with van der Waals surface area (Å²) >= 11 is 4.91. The highest BCUT2D eigenvalue weighted by Crippen LogP contribution is 2.25. The van der Waals surface area contributed by atoms with Crippen LogP contribution in [0.2, 0.25) is 0 Å². The fourth-order valence-electron chi connectivity index (χ4n) is 2.01. The molecule has 1 atom stereocenters. The lowest BCUT2D eigenvalue weighted by atomic mass is 10.1. The molecule has 0 aliphatic rings. The number of rotatable bonds is 7. The molecule has 0 saturated carbocycles. The molecule has 0 bridgehead atoms. The Hall–Kier alpha value is -1.27. The summed E-state index contributed by atoms with van der Waals surface area (Å²) in [6, 6.07) is 8.02. The molecule has 0 saturated heterocycles. The number of nitrogens with one attached hydrogen (secondary N) is 1. The van der Waals surface area contributed by atoms with Gasteiger partial charge in [-0.1, -0.05) is 41.5 Å². The number of nitrogens with zero attached hydrogens (tertiary/aromatic N) is 2. The zero-order valence-corrected chi connectivity index (χ0v) is 16.0. The molecule has 1 N–H and O–H groups in total. The van der Waals surface area contributed by atoms with Gasteiger partial charge < -0.3 is 5.32 Å². The van der Waals surface area contributed by atoms with Gasteiger partial charge in [-0.2, -0.15) is 0 Å². The van der Waals surface area contributed by atoms with Gasteiger partial charge in [0.25, 0.3) is 0 Å². The van der Waals surface area contributed by atoms with Gasteiger partial charge in [-0.15, -0.1) is 0 Å². The lowest BCUT2D eigenvalue weighted by Crippen LogP contribution is -2.32. The van der Waals surface area contributed by atoms with Crippen LogP contribution in [-0.2, 0) is 4.79 Å². The Morgan fingerprint density at radius 1 is 1.30 bits per heavy atom. The molecule has 23 heavy (non-hydrogen) atoms. The molecule has 124 valence electrons. The van der Waals surface area contributed by atoms with E-state index < -0.39 is 0 Å². The summed E-state index contributed by atoms with van der Waals surface area (Å²) in [5.41, 5.74) is 1.03. The number of amides is 1. The van der Waals surface area contributed by atoms with E-state index in [1.54, 1.807) is 6.20 Å². The zero-order valence-electron chi connectivity index (χ0n) is 13.6. The molecule has 2 aromatic rings. The van der Waals surface area contributed by atoms with Crippen molar-refractivity contribution in [2.24, 2.45) is 5.92 Å². The average Bonchev–Trinajstić information content (AvgIpc) is 2.95. The molecule has 4 nitrogen and oxygen atoms in total. The molecular weight excluding hydrogens is 374 g/mol. The third-order valence-electron chi connectivity index (χ3n) is 3.38. The lowest BCUT2D eigenvalue weighted by Gasteiger charge is -2.13. The molecule has 1 amide bonds. The Morgan fingerprint density at radius 3 is 2.65 bits per heavy atom. The van der Waals surface area contributed by atoms with Gasteiger partial charge in [0.05, 0.1) is 5.25 Å². The maximum Gasteiger partial charge on any atom is 0.233 e. The molecule has 2 rings (SSSR count). The van der Waals surface area contributed by atoms with E-state index in [0.29, 0.717) is 5.92 Å². The summed E-state index contributed by atoms with van der Waals surface area (Å²) in [4.78, 5) is 16.5. The van der Waals surface area contributed by atoms with Gasteiger partial charge in [0.1, 0.15) is 0 Å². The molecular formula is C17H22BrN3OS. The Bertz CT molecular complexity index is 640. The predicted molar refractivity (Wildman–Crippen MR) is 99.0 cm³/mol. The summed E-state index contributed by atoms with van der Waals surface area (Å²) in [5.74, 6) is 0.649. The van der Waals surface area contributed by atoms with E-state index in [1.807, 2.05) is 42.0 Å². The van der Waals surface area contributed by atoms with Gasteiger partial charge in [0.15, 0.2) is 5.16 Å². The van der Waals surface area contributed by atoms with Crippen molar-refractivity contribution in [3.63, 3.8) is 0 Å². The minimum atomic E-state index is -0.182. The van der Waals surface area contributed by atoms with Gasteiger partial charge in [-0.3, -0.25) is 9.36 Å². The van der Waals surface area contributed by atoms with Crippen LogP contribution in [0.4, 0.5) is 0 Å². The quantitative estimate of drug-likeness (QED) is 0.711. The van der Waals surface area contributed by atoms with Crippen molar-refractivity contribution < 1.29 is 4.79 Å². The van der Waals surface area contributed by atoms with Crippen LogP contribution in [0, 0.1) is 5.92 Å². The number of aromatic nitrogens is 2. The van der Waals surface area contributed by atoms with Crippen molar-refractivity contribution >= 4 is 33.6 Å². The van der Waals surface area contributed by atoms with Gasteiger partial charge in [-0.05, 0) is 43.5 Å². The molecule has 1 unspecified atom stereocenters. The molecule has 0 radical (unpaired) electrons. The molecule has 1 aromatic carbocycles. The topological polar surface area (TPSA) is 46.9 Å². The van der Waals surface area contributed by atoms with Crippen LogP contribution in [0.25, 0.3) is 5.69 Å². The second kappa shape index (κ2) is 8.55. The van der Waals surface area contributed by atoms with E-state index >= 15 is 0 Å². The fraction of sp³-hybridized carbons (Fsp3) is 0.412. The molecule has 0 aliphatic carbocycles. The second-order valence-electron chi connectivity index (χ2n) is 5.79. The normalized spacial score (nSPS) is 12.4. The fourth-order valence-corrected chi connectivity index (χ4v) is 3.19. The molecule has 1 aromatic heterocycles. The van der Waals surface area contributed by atoms with Crippen molar-refractivity contribution in [1.29, 1.82) is 0 Å². The predicted octanol–water partition coefficient (Wildman–Crippen LogP) is 4.28. The zero-order chi connectivity index (χ0) is 16.8. The highest BCUT2D eigenvalue weighted by molar-refractivity contribution is 9.10. The summed E-state index contributed by atoms with van der Waals surface area (Å²) in [6.45, 7) is 6.94. The first-order valence-corrected chi connectivity index (χ1v) is 9.38. The minimum absolute atomic E-state index is 0.0565. The van der Waals surface area contributed by atoms with E-state index in [1.165, 1.54) is 11.8 Å². The number of benzene rings is 1. The minimum Gasteiger partial charge on any atom is -0.355 e. The number of imidazole rings is 1. The Labute approximate surface area is 150 Å². The first-order valence-electron chi connectivity index (χ1n) is 7.71. The van der Waals surface area contributed by atoms with E-state index in [4.69, 9.17) is 0 Å². The SMILES string of the molecule is CC(C)CCNC(=O)C(C)Sc1nccn1-c1ccc(Br)cc1. The van der Waals surface area contributed by atoms with Crippen LogP contribution >= 0.6 is 27.7 Å². The van der Waals surface area contributed by atoms with E-state index in [9.17, 15) is 4.79 Å². The highest BCUT2D eigenvalue weighted by Gasteiger charge is 2.17.